The molecule has 1 aliphatic carbocycles. The normalized spacial score (nSPS) is 28.5. The van der Waals surface area contributed by atoms with Gasteiger partial charge in [0.2, 0.25) is 5.91 Å². The highest BCUT2D eigenvalue weighted by Crippen LogP contribution is 2.23. The number of amides is 1. The van der Waals surface area contributed by atoms with E-state index in [1.165, 1.54) is 19.3 Å². The Morgan fingerprint density at radius 2 is 1.91 bits per heavy atom. The molecule has 0 radical (unpaired) electrons. The topological polar surface area (TPSA) is 64.6 Å². The molecule has 0 spiro atoms. The van der Waals surface area contributed by atoms with Crippen LogP contribution in [0.5, 0.6) is 0 Å². The molecule has 0 aromatic heterocycles. The molecule has 1 saturated heterocycles. The SMILES string of the molecule is C[C@H](NCC1CCN(CCO)CC1)C(=O)N[C@@H]1CCCC[C@H]1C. The number of aliphatic hydroxyl groups is 1. The number of nitrogens with zero attached hydrogens (tertiary/aromatic N) is 1. The van der Waals surface area contributed by atoms with Crippen LogP contribution in [-0.2, 0) is 4.79 Å². The van der Waals surface area contributed by atoms with E-state index in [1.54, 1.807) is 0 Å². The Kier molecular flexibility index (Phi) is 7.80. The fourth-order valence-corrected chi connectivity index (χ4v) is 3.83. The van der Waals surface area contributed by atoms with Crippen LogP contribution in [0, 0.1) is 11.8 Å². The molecule has 1 aliphatic heterocycles. The first-order valence-electron chi connectivity index (χ1n) is 9.47. The molecule has 1 saturated carbocycles. The molecule has 0 bridgehead atoms. The van der Waals surface area contributed by atoms with Crippen molar-refractivity contribution in [3.8, 4) is 0 Å². The Balaban J connectivity index is 1.64. The monoisotopic (exact) mass is 325 g/mol. The van der Waals surface area contributed by atoms with Crippen molar-refractivity contribution in [1.29, 1.82) is 0 Å². The van der Waals surface area contributed by atoms with Crippen molar-refractivity contribution in [3.63, 3.8) is 0 Å². The second-order valence-corrected chi connectivity index (χ2v) is 7.52. The van der Waals surface area contributed by atoms with Crippen molar-refractivity contribution < 1.29 is 9.90 Å². The van der Waals surface area contributed by atoms with E-state index < -0.39 is 0 Å². The van der Waals surface area contributed by atoms with Crippen LogP contribution in [0.25, 0.3) is 0 Å². The number of hydrogen-bond acceptors (Lipinski definition) is 4. The number of carbonyl (C=O) groups is 1. The van der Waals surface area contributed by atoms with E-state index in [4.69, 9.17) is 5.11 Å². The van der Waals surface area contributed by atoms with E-state index in [0.29, 0.717) is 17.9 Å². The number of nitrogens with one attached hydrogen (secondary N) is 2. The predicted octanol–water partition coefficient (Wildman–Crippen LogP) is 1.36. The number of carbonyl (C=O) groups excluding carboxylic acids is 1. The molecule has 5 heteroatoms. The van der Waals surface area contributed by atoms with Crippen molar-refractivity contribution in [2.45, 2.75) is 64.5 Å². The van der Waals surface area contributed by atoms with E-state index in [0.717, 1.165) is 45.4 Å². The van der Waals surface area contributed by atoms with Gasteiger partial charge in [0.1, 0.15) is 0 Å². The molecule has 0 aromatic carbocycles. The second kappa shape index (κ2) is 9.60. The van der Waals surface area contributed by atoms with Crippen molar-refractivity contribution in [2.75, 3.05) is 32.8 Å². The molecule has 0 aromatic rings. The van der Waals surface area contributed by atoms with Crippen LogP contribution in [0.4, 0.5) is 0 Å². The van der Waals surface area contributed by atoms with Crippen LogP contribution in [0.1, 0.15) is 52.4 Å². The first-order valence-corrected chi connectivity index (χ1v) is 9.47. The number of likely N-dealkylation sites (tertiary alicyclic amines) is 1. The Morgan fingerprint density at radius 3 is 2.57 bits per heavy atom. The molecular weight excluding hydrogens is 290 g/mol. The van der Waals surface area contributed by atoms with Gasteiger partial charge in [-0.15, -0.1) is 0 Å². The van der Waals surface area contributed by atoms with Crippen molar-refractivity contribution in [3.05, 3.63) is 0 Å². The zero-order chi connectivity index (χ0) is 16.7. The van der Waals surface area contributed by atoms with Crippen LogP contribution in [-0.4, -0.2) is 60.8 Å². The first kappa shape index (κ1) is 18.7. The standard InChI is InChI=1S/C18H35N3O2/c1-14-5-3-4-6-17(14)20-18(23)15(2)19-13-16-7-9-21(10-8-16)11-12-22/h14-17,19,22H,3-13H2,1-2H3,(H,20,23)/t14-,15+,17-/m1/s1. The maximum absolute atomic E-state index is 12.4. The van der Waals surface area contributed by atoms with Crippen LogP contribution in [0.3, 0.4) is 0 Å². The van der Waals surface area contributed by atoms with Gasteiger partial charge in [-0.1, -0.05) is 19.8 Å². The summed E-state index contributed by atoms with van der Waals surface area (Å²) in [5.41, 5.74) is 0. The third-order valence-electron chi connectivity index (χ3n) is 5.67. The fraction of sp³-hybridized carbons (Fsp3) is 0.944. The number of β-amino-alcohol motifs (C(OH)–C–C–N with tert-alkyl or cyclic N) is 1. The van der Waals surface area contributed by atoms with Crippen LogP contribution in [0.2, 0.25) is 0 Å². The molecule has 0 unspecified atom stereocenters. The summed E-state index contributed by atoms with van der Waals surface area (Å²) in [6, 6.07) is 0.252. The minimum absolute atomic E-state index is 0.111. The minimum Gasteiger partial charge on any atom is -0.395 e. The predicted molar refractivity (Wildman–Crippen MR) is 93.3 cm³/mol. The van der Waals surface area contributed by atoms with Crippen molar-refractivity contribution in [2.24, 2.45) is 11.8 Å². The van der Waals surface area contributed by atoms with Crippen LogP contribution in [0.15, 0.2) is 0 Å². The molecule has 3 N–H and O–H groups in total. The Morgan fingerprint density at radius 1 is 1.22 bits per heavy atom. The van der Waals surface area contributed by atoms with Gasteiger partial charge in [-0.3, -0.25) is 4.79 Å². The van der Waals surface area contributed by atoms with Gasteiger partial charge >= 0.3 is 0 Å². The van der Waals surface area contributed by atoms with E-state index in [9.17, 15) is 4.79 Å². The van der Waals surface area contributed by atoms with Gasteiger partial charge in [0.15, 0.2) is 0 Å². The molecule has 2 rings (SSSR count). The molecule has 1 amide bonds. The highest BCUT2D eigenvalue weighted by atomic mass is 16.3. The highest BCUT2D eigenvalue weighted by Gasteiger charge is 2.25. The summed E-state index contributed by atoms with van der Waals surface area (Å²) in [5.74, 6) is 1.41. The molecule has 3 atom stereocenters. The Bertz CT molecular complexity index is 356. The molecule has 1 heterocycles. The van der Waals surface area contributed by atoms with Crippen LogP contribution < -0.4 is 10.6 Å². The maximum Gasteiger partial charge on any atom is 0.237 e. The highest BCUT2D eigenvalue weighted by molar-refractivity contribution is 5.81. The first-order chi connectivity index (χ1) is 11.1. The third kappa shape index (κ3) is 6.05. The number of rotatable bonds is 7. The smallest absolute Gasteiger partial charge is 0.237 e. The quantitative estimate of drug-likeness (QED) is 0.661. The summed E-state index contributed by atoms with van der Waals surface area (Å²) in [5, 5.41) is 15.6. The van der Waals surface area contributed by atoms with Gasteiger partial charge in [0.05, 0.1) is 12.6 Å². The summed E-state index contributed by atoms with van der Waals surface area (Å²) >= 11 is 0. The van der Waals surface area contributed by atoms with Gasteiger partial charge in [-0.25, -0.2) is 0 Å². The lowest BCUT2D eigenvalue weighted by Gasteiger charge is -2.33. The minimum atomic E-state index is -0.111. The molecule has 134 valence electrons. The Labute approximate surface area is 141 Å². The average molecular weight is 325 g/mol. The number of hydrogen-bond donors (Lipinski definition) is 3. The molecule has 23 heavy (non-hydrogen) atoms. The van der Waals surface area contributed by atoms with E-state index in [1.807, 2.05) is 6.92 Å². The number of piperidine rings is 1. The summed E-state index contributed by atoms with van der Waals surface area (Å²) in [6.45, 7) is 8.31. The zero-order valence-corrected chi connectivity index (χ0v) is 14.9. The van der Waals surface area contributed by atoms with Gasteiger partial charge in [-0.05, 0) is 64.1 Å². The summed E-state index contributed by atoms with van der Waals surface area (Å²) in [7, 11) is 0. The lowest BCUT2D eigenvalue weighted by molar-refractivity contribution is -0.124. The third-order valence-corrected chi connectivity index (χ3v) is 5.67. The van der Waals surface area contributed by atoms with E-state index in [-0.39, 0.29) is 18.6 Å². The summed E-state index contributed by atoms with van der Waals surface area (Å²) in [6.07, 6.45) is 7.21. The van der Waals surface area contributed by atoms with E-state index in [2.05, 4.69) is 22.5 Å². The van der Waals surface area contributed by atoms with E-state index >= 15 is 0 Å². The molecule has 2 fully saturated rings. The van der Waals surface area contributed by atoms with Crippen LogP contribution >= 0.6 is 0 Å². The molecule has 5 nitrogen and oxygen atoms in total. The van der Waals surface area contributed by atoms with Gasteiger partial charge < -0.3 is 20.6 Å². The molecular formula is C18H35N3O2. The summed E-state index contributed by atoms with van der Waals surface area (Å²) in [4.78, 5) is 14.7. The van der Waals surface area contributed by atoms with Gasteiger partial charge in [-0.2, -0.15) is 0 Å². The molecule has 2 aliphatic rings. The lowest BCUT2D eigenvalue weighted by atomic mass is 9.86. The van der Waals surface area contributed by atoms with Crippen molar-refractivity contribution >= 4 is 5.91 Å². The van der Waals surface area contributed by atoms with Gasteiger partial charge in [0, 0.05) is 12.6 Å². The average Bonchev–Trinajstić information content (AvgIpc) is 2.56. The van der Waals surface area contributed by atoms with Gasteiger partial charge in [0.25, 0.3) is 0 Å². The maximum atomic E-state index is 12.4. The Hall–Kier alpha value is -0.650. The zero-order valence-electron chi connectivity index (χ0n) is 14.9. The summed E-state index contributed by atoms with van der Waals surface area (Å²) < 4.78 is 0. The second-order valence-electron chi connectivity index (χ2n) is 7.52. The number of aliphatic hydroxyl groups excluding tert-OH is 1. The fourth-order valence-electron chi connectivity index (χ4n) is 3.83. The largest absolute Gasteiger partial charge is 0.395 e. The van der Waals surface area contributed by atoms with Crippen molar-refractivity contribution in [1.82, 2.24) is 15.5 Å². The lowest BCUT2D eigenvalue weighted by Crippen LogP contribution is -2.50.